The standard InChI is InChI=1S/C25H24Cl2N4O2/c1-4-22-25(30(2)14-16-5-9-19(33-3)10-6-16)31-15-17(7-12-23(31)29-22)24(32)28-18-8-11-20(26)21(27)13-18/h5-13,15H,4,14H2,1-3H3,(H,28,32). The maximum absolute atomic E-state index is 12.9. The topological polar surface area (TPSA) is 58.9 Å². The highest BCUT2D eigenvalue weighted by Crippen LogP contribution is 2.27. The second-order valence-corrected chi connectivity index (χ2v) is 8.48. The largest absolute Gasteiger partial charge is 0.497 e. The third kappa shape index (κ3) is 4.92. The summed E-state index contributed by atoms with van der Waals surface area (Å²) in [5.41, 5.74) is 3.98. The van der Waals surface area contributed by atoms with Gasteiger partial charge in [-0.15, -0.1) is 0 Å². The normalized spacial score (nSPS) is 10.9. The molecular formula is C25H24Cl2N4O2. The van der Waals surface area contributed by atoms with Gasteiger partial charge in [-0.1, -0.05) is 42.3 Å². The number of amides is 1. The monoisotopic (exact) mass is 482 g/mol. The molecule has 2 heterocycles. The lowest BCUT2D eigenvalue weighted by atomic mass is 10.2. The number of ether oxygens (including phenoxy) is 1. The van der Waals surface area contributed by atoms with E-state index in [1.807, 2.05) is 48.0 Å². The number of aryl methyl sites for hydroxylation is 1. The quantitative estimate of drug-likeness (QED) is 0.345. The van der Waals surface area contributed by atoms with Crippen LogP contribution in [0.4, 0.5) is 11.5 Å². The molecule has 4 aromatic rings. The minimum atomic E-state index is -0.245. The number of anilines is 2. The number of rotatable bonds is 7. The van der Waals surface area contributed by atoms with Crippen LogP contribution in [0.5, 0.6) is 5.75 Å². The van der Waals surface area contributed by atoms with Crippen molar-refractivity contribution >= 4 is 46.3 Å². The lowest BCUT2D eigenvalue weighted by Crippen LogP contribution is -2.20. The van der Waals surface area contributed by atoms with Gasteiger partial charge in [0.2, 0.25) is 0 Å². The highest BCUT2D eigenvalue weighted by atomic mass is 35.5. The van der Waals surface area contributed by atoms with E-state index in [1.54, 1.807) is 31.4 Å². The van der Waals surface area contributed by atoms with Crippen molar-refractivity contribution in [1.82, 2.24) is 9.38 Å². The van der Waals surface area contributed by atoms with Crippen LogP contribution in [0.2, 0.25) is 10.0 Å². The Labute approximate surface area is 202 Å². The van der Waals surface area contributed by atoms with Gasteiger partial charge in [0, 0.05) is 25.5 Å². The van der Waals surface area contributed by atoms with Crippen LogP contribution in [-0.4, -0.2) is 29.4 Å². The number of aromatic nitrogens is 2. The van der Waals surface area contributed by atoms with E-state index in [0.717, 1.165) is 34.9 Å². The van der Waals surface area contributed by atoms with Crippen LogP contribution in [0.3, 0.4) is 0 Å². The summed E-state index contributed by atoms with van der Waals surface area (Å²) >= 11 is 12.0. The molecule has 6 nitrogen and oxygen atoms in total. The third-order valence-electron chi connectivity index (χ3n) is 5.38. The van der Waals surface area contributed by atoms with E-state index in [0.29, 0.717) is 27.8 Å². The van der Waals surface area contributed by atoms with E-state index in [2.05, 4.69) is 17.1 Å². The minimum absolute atomic E-state index is 0.245. The molecule has 1 N–H and O–H groups in total. The molecule has 0 spiro atoms. The van der Waals surface area contributed by atoms with Crippen molar-refractivity contribution in [3.8, 4) is 5.75 Å². The molecule has 0 aliphatic rings. The summed E-state index contributed by atoms with van der Waals surface area (Å²) in [5.74, 6) is 1.53. The average Bonchev–Trinajstić information content (AvgIpc) is 3.20. The smallest absolute Gasteiger partial charge is 0.257 e. The van der Waals surface area contributed by atoms with Crippen LogP contribution >= 0.6 is 23.2 Å². The molecule has 33 heavy (non-hydrogen) atoms. The Balaban J connectivity index is 1.63. The van der Waals surface area contributed by atoms with Gasteiger partial charge in [0.1, 0.15) is 17.2 Å². The van der Waals surface area contributed by atoms with Crippen molar-refractivity contribution in [2.75, 3.05) is 24.4 Å². The van der Waals surface area contributed by atoms with Crippen molar-refractivity contribution in [2.45, 2.75) is 19.9 Å². The molecular weight excluding hydrogens is 459 g/mol. The number of pyridine rings is 1. The van der Waals surface area contributed by atoms with Gasteiger partial charge < -0.3 is 15.0 Å². The molecule has 0 saturated heterocycles. The summed E-state index contributed by atoms with van der Waals surface area (Å²) in [6.07, 6.45) is 2.59. The van der Waals surface area contributed by atoms with Gasteiger partial charge >= 0.3 is 0 Å². The van der Waals surface area contributed by atoms with Gasteiger partial charge in [-0.2, -0.15) is 0 Å². The Bertz CT molecular complexity index is 1300. The van der Waals surface area contributed by atoms with Crippen LogP contribution < -0.4 is 15.0 Å². The zero-order valence-electron chi connectivity index (χ0n) is 18.6. The number of carbonyl (C=O) groups excluding carboxylic acids is 1. The van der Waals surface area contributed by atoms with Crippen LogP contribution in [0.15, 0.2) is 60.8 Å². The van der Waals surface area contributed by atoms with Gasteiger partial charge in [0.05, 0.1) is 28.4 Å². The van der Waals surface area contributed by atoms with E-state index in [9.17, 15) is 4.79 Å². The molecule has 0 atom stereocenters. The van der Waals surface area contributed by atoms with Crippen molar-refractivity contribution in [1.29, 1.82) is 0 Å². The number of nitrogens with one attached hydrogen (secondary N) is 1. The highest BCUT2D eigenvalue weighted by Gasteiger charge is 2.17. The minimum Gasteiger partial charge on any atom is -0.497 e. The second-order valence-electron chi connectivity index (χ2n) is 7.67. The fourth-order valence-corrected chi connectivity index (χ4v) is 4.01. The third-order valence-corrected chi connectivity index (χ3v) is 6.12. The van der Waals surface area contributed by atoms with Crippen LogP contribution in [-0.2, 0) is 13.0 Å². The number of halogens is 2. The zero-order chi connectivity index (χ0) is 23.5. The molecule has 170 valence electrons. The summed E-state index contributed by atoms with van der Waals surface area (Å²) < 4.78 is 7.22. The zero-order valence-corrected chi connectivity index (χ0v) is 20.1. The summed E-state index contributed by atoms with van der Waals surface area (Å²) in [4.78, 5) is 19.8. The molecule has 0 aliphatic carbocycles. The maximum atomic E-state index is 12.9. The number of hydrogen-bond donors (Lipinski definition) is 1. The van der Waals surface area contributed by atoms with Crippen molar-refractivity contribution in [2.24, 2.45) is 0 Å². The molecule has 4 rings (SSSR count). The predicted molar refractivity (Wildman–Crippen MR) is 134 cm³/mol. The van der Waals surface area contributed by atoms with Crippen molar-refractivity contribution < 1.29 is 9.53 Å². The molecule has 0 bridgehead atoms. The Hall–Kier alpha value is -3.22. The number of imidazole rings is 1. The van der Waals surface area contributed by atoms with E-state index in [-0.39, 0.29) is 5.91 Å². The average molecular weight is 483 g/mol. The molecule has 0 radical (unpaired) electrons. The van der Waals surface area contributed by atoms with Gasteiger partial charge in [0.15, 0.2) is 0 Å². The lowest BCUT2D eigenvalue weighted by molar-refractivity contribution is 0.102. The summed E-state index contributed by atoms with van der Waals surface area (Å²) in [6, 6.07) is 16.6. The lowest BCUT2D eigenvalue weighted by Gasteiger charge is -2.20. The van der Waals surface area contributed by atoms with Crippen LogP contribution in [0.25, 0.3) is 5.65 Å². The number of benzene rings is 2. The van der Waals surface area contributed by atoms with Gasteiger partial charge in [0.25, 0.3) is 5.91 Å². The molecule has 0 aliphatic heterocycles. The highest BCUT2D eigenvalue weighted by molar-refractivity contribution is 6.42. The molecule has 0 fully saturated rings. The first-order valence-electron chi connectivity index (χ1n) is 10.5. The van der Waals surface area contributed by atoms with E-state index in [1.165, 1.54) is 0 Å². The summed E-state index contributed by atoms with van der Waals surface area (Å²) in [5, 5.41) is 3.69. The number of hydrogen-bond acceptors (Lipinski definition) is 4. The van der Waals surface area contributed by atoms with Crippen LogP contribution in [0.1, 0.15) is 28.5 Å². The molecule has 2 aromatic carbocycles. The molecule has 8 heteroatoms. The van der Waals surface area contributed by atoms with Crippen molar-refractivity contribution in [3.05, 3.63) is 87.7 Å². The number of fused-ring (bicyclic) bond motifs is 1. The second kappa shape index (κ2) is 9.73. The first-order chi connectivity index (χ1) is 15.9. The Morgan fingerprint density at radius 3 is 2.52 bits per heavy atom. The summed E-state index contributed by atoms with van der Waals surface area (Å²) in [6.45, 7) is 2.76. The Kier molecular flexibility index (Phi) is 6.77. The Morgan fingerprint density at radius 1 is 1.09 bits per heavy atom. The molecule has 0 unspecified atom stereocenters. The molecule has 0 saturated carbocycles. The van der Waals surface area contributed by atoms with Crippen LogP contribution in [0, 0.1) is 0 Å². The molecule has 1 amide bonds. The molecule has 2 aromatic heterocycles. The van der Waals surface area contributed by atoms with Crippen molar-refractivity contribution in [3.63, 3.8) is 0 Å². The first-order valence-corrected chi connectivity index (χ1v) is 11.3. The van der Waals surface area contributed by atoms with Gasteiger partial charge in [-0.3, -0.25) is 9.20 Å². The van der Waals surface area contributed by atoms with E-state index in [4.69, 9.17) is 32.9 Å². The number of carbonyl (C=O) groups is 1. The fraction of sp³-hybridized carbons (Fsp3) is 0.200. The van der Waals surface area contributed by atoms with Gasteiger partial charge in [-0.05, 0) is 54.4 Å². The fourth-order valence-electron chi connectivity index (χ4n) is 3.71. The SMILES string of the molecule is CCc1nc2ccc(C(=O)Nc3ccc(Cl)c(Cl)c3)cn2c1N(C)Cc1ccc(OC)cc1. The van der Waals surface area contributed by atoms with E-state index >= 15 is 0 Å². The predicted octanol–water partition coefficient (Wildman–Crippen LogP) is 6.10. The maximum Gasteiger partial charge on any atom is 0.257 e. The first kappa shape index (κ1) is 23.0. The summed E-state index contributed by atoms with van der Waals surface area (Å²) in [7, 11) is 3.68. The number of methoxy groups -OCH3 is 1. The van der Waals surface area contributed by atoms with E-state index < -0.39 is 0 Å². The number of nitrogens with zero attached hydrogens (tertiary/aromatic N) is 3. The van der Waals surface area contributed by atoms with Gasteiger partial charge in [-0.25, -0.2) is 4.98 Å². The Morgan fingerprint density at radius 2 is 1.85 bits per heavy atom.